The second kappa shape index (κ2) is 14.4. The van der Waals surface area contributed by atoms with Gasteiger partial charge in [0.1, 0.15) is 0 Å². The molecule has 0 saturated carbocycles. The summed E-state index contributed by atoms with van der Waals surface area (Å²) in [5.41, 5.74) is 5.04. The fraction of sp³-hybridized carbons (Fsp3) is 0.258. The molecule has 198 valence electrons. The van der Waals surface area contributed by atoms with E-state index < -0.39 is 29.7 Å². The highest BCUT2D eigenvalue weighted by Gasteiger charge is 2.35. The van der Waals surface area contributed by atoms with Gasteiger partial charge in [0, 0.05) is 6.54 Å². The van der Waals surface area contributed by atoms with Crippen molar-refractivity contribution < 1.29 is 19.5 Å². The van der Waals surface area contributed by atoms with Gasteiger partial charge in [-0.05, 0) is 42.0 Å². The molecule has 0 saturated heterocycles. The maximum absolute atomic E-state index is 13.6. The largest absolute Gasteiger partial charge is 0.481 e. The maximum Gasteiger partial charge on any atom is 0.341 e. The number of hydrazine groups is 1. The van der Waals surface area contributed by atoms with Crippen molar-refractivity contribution in [1.82, 2.24) is 10.7 Å². The Bertz CT molecular complexity index is 1200. The van der Waals surface area contributed by atoms with E-state index in [0.29, 0.717) is 12.1 Å². The van der Waals surface area contributed by atoms with Crippen molar-refractivity contribution in [3.63, 3.8) is 0 Å². The third kappa shape index (κ3) is 8.62. The van der Waals surface area contributed by atoms with Crippen LogP contribution in [0.1, 0.15) is 37.8 Å². The molecule has 0 aliphatic heterocycles. The van der Waals surface area contributed by atoms with Gasteiger partial charge in [-0.3, -0.25) is 15.0 Å². The second-order valence-corrected chi connectivity index (χ2v) is 9.52. The number of nitrogens with one attached hydrogen (secondary N) is 2. The number of benzene rings is 3. The van der Waals surface area contributed by atoms with Gasteiger partial charge in [0.2, 0.25) is 5.91 Å². The minimum atomic E-state index is -1.05. The molecule has 0 spiro atoms. The first-order valence-corrected chi connectivity index (χ1v) is 12.8. The van der Waals surface area contributed by atoms with Crippen LogP contribution in [-0.4, -0.2) is 23.0 Å². The van der Waals surface area contributed by atoms with Gasteiger partial charge in [-0.15, -0.1) is 0 Å². The third-order valence-corrected chi connectivity index (χ3v) is 6.09. The fourth-order valence-corrected chi connectivity index (χ4v) is 4.17. The van der Waals surface area contributed by atoms with E-state index in [-0.39, 0.29) is 18.9 Å². The van der Waals surface area contributed by atoms with Gasteiger partial charge in [-0.2, -0.15) is 0 Å². The van der Waals surface area contributed by atoms with Crippen molar-refractivity contribution in [3.8, 4) is 0 Å². The number of hydrogen-bond donors (Lipinski definition) is 3. The molecule has 38 heavy (non-hydrogen) atoms. The predicted octanol–water partition coefficient (Wildman–Crippen LogP) is 5.90. The molecule has 0 radical (unpaired) electrons. The molecule has 0 bridgehead atoms. The smallest absolute Gasteiger partial charge is 0.341 e. The molecule has 7 heteroatoms. The normalized spacial score (nSPS) is 12.6. The monoisotopic (exact) mass is 513 g/mol. The van der Waals surface area contributed by atoms with Crippen LogP contribution in [0.3, 0.4) is 0 Å². The average molecular weight is 514 g/mol. The lowest BCUT2D eigenvalue weighted by atomic mass is 9.82. The number of rotatable bonds is 11. The quantitative estimate of drug-likeness (QED) is 0.278. The molecule has 0 aromatic heterocycles. The number of carbonyl (C=O) groups excluding carboxylic acids is 2. The standard InChI is InChI=1S/C31H35N3O4/c1-23(2)21-28(27(30(36)37)20-12-17-24-13-6-3-7-14-24)29(35)33-34(26-18-10-5-11-19-26)31(38)32-22-25-15-8-4-9-16-25/h3-19,23,27-28H,20-22H2,1-2H3,(H,32,38)(H,33,35)(H,36,37)/t27-,28+/m0/s1. The Morgan fingerprint density at radius 2 is 1.42 bits per heavy atom. The summed E-state index contributed by atoms with van der Waals surface area (Å²) >= 11 is 0. The van der Waals surface area contributed by atoms with E-state index in [2.05, 4.69) is 10.7 Å². The lowest BCUT2D eigenvalue weighted by Crippen LogP contribution is -2.53. The number of para-hydroxylation sites is 1. The number of hydrogen-bond acceptors (Lipinski definition) is 3. The van der Waals surface area contributed by atoms with E-state index in [1.165, 1.54) is 0 Å². The lowest BCUT2D eigenvalue weighted by molar-refractivity contribution is -0.147. The van der Waals surface area contributed by atoms with E-state index >= 15 is 0 Å². The van der Waals surface area contributed by atoms with Gasteiger partial charge < -0.3 is 10.4 Å². The summed E-state index contributed by atoms with van der Waals surface area (Å²) in [7, 11) is 0. The van der Waals surface area contributed by atoms with Crippen LogP contribution in [0, 0.1) is 17.8 Å². The number of aliphatic carboxylic acids is 1. The van der Waals surface area contributed by atoms with Crippen LogP contribution < -0.4 is 15.8 Å². The maximum atomic E-state index is 13.6. The minimum Gasteiger partial charge on any atom is -0.481 e. The molecule has 3 aromatic rings. The molecule has 3 amide bonds. The first-order valence-electron chi connectivity index (χ1n) is 12.8. The third-order valence-electron chi connectivity index (χ3n) is 6.09. The molecule has 0 fully saturated rings. The number of allylic oxidation sites excluding steroid dienone is 1. The van der Waals surface area contributed by atoms with Crippen LogP contribution in [0.15, 0.2) is 97.1 Å². The Morgan fingerprint density at radius 1 is 0.842 bits per heavy atom. The van der Waals surface area contributed by atoms with Gasteiger partial charge in [-0.25, -0.2) is 9.80 Å². The van der Waals surface area contributed by atoms with Crippen LogP contribution in [0.4, 0.5) is 10.5 Å². The van der Waals surface area contributed by atoms with Crippen LogP contribution >= 0.6 is 0 Å². The van der Waals surface area contributed by atoms with Gasteiger partial charge in [0.25, 0.3) is 0 Å². The average Bonchev–Trinajstić information content (AvgIpc) is 2.93. The lowest BCUT2D eigenvalue weighted by Gasteiger charge is -2.29. The number of carboxylic acid groups (broad SMARTS) is 1. The van der Waals surface area contributed by atoms with E-state index in [4.69, 9.17) is 0 Å². The summed E-state index contributed by atoms with van der Waals surface area (Å²) in [4.78, 5) is 39.1. The SMILES string of the molecule is CC(C)C[C@@H](C(=O)NN(C(=O)NCc1ccccc1)c1ccccc1)[C@H](CC=Cc1ccccc1)C(=O)O. The molecule has 7 nitrogen and oxygen atoms in total. The number of carboxylic acids is 1. The van der Waals surface area contributed by atoms with Crippen molar-refractivity contribution in [2.75, 3.05) is 5.01 Å². The molecule has 0 heterocycles. The Hall–Kier alpha value is -4.39. The van der Waals surface area contributed by atoms with E-state index in [1.807, 2.05) is 86.7 Å². The fourth-order valence-electron chi connectivity index (χ4n) is 4.17. The zero-order chi connectivity index (χ0) is 27.3. The molecule has 0 aliphatic rings. The summed E-state index contributed by atoms with van der Waals surface area (Å²) < 4.78 is 0. The van der Waals surface area contributed by atoms with Gasteiger partial charge in [0.05, 0.1) is 17.5 Å². The molecule has 0 unspecified atom stereocenters. The zero-order valence-corrected chi connectivity index (χ0v) is 21.8. The van der Waals surface area contributed by atoms with Crippen LogP contribution in [-0.2, 0) is 16.1 Å². The minimum absolute atomic E-state index is 0.0720. The Labute approximate surface area is 224 Å². The summed E-state index contributed by atoms with van der Waals surface area (Å²) in [6.07, 6.45) is 4.18. The molecule has 3 rings (SSSR count). The molecular weight excluding hydrogens is 478 g/mol. The Kier molecular flexibility index (Phi) is 10.7. The number of nitrogens with zero attached hydrogens (tertiary/aromatic N) is 1. The molecule has 3 N–H and O–H groups in total. The van der Waals surface area contributed by atoms with Crippen molar-refractivity contribution in [3.05, 3.63) is 108 Å². The van der Waals surface area contributed by atoms with Gasteiger partial charge >= 0.3 is 12.0 Å². The summed E-state index contributed by atoms with van der Waals surface area (Å²) in [5, 5.41) is 14.0. The van der Waals surface area contributed by atoms with Crippen molar-refractivity contribution in [1.29, 1.82) is 0 Å². The van der Waals surface area contributed by atoms with Gasteiger partial charge in [0.15, 0.2) is 0 Å². The van der Waals surface area contributed by atoms with E-state index in [1.54, 1.807) is 30.3 Å². The highest BCUT2D eigenvalue weighted by molar-refractivity contribution is 5.96. The Morgan fingerprint density at radius 3 is 2.00 bits per heavy atom. The van der Waals surface area contributed by atoms with E-state index in [0.717, 1.165) is 16.1 Å². The van der Waals surface area contributed by atoms with E-state index in [9.17, 15) is 19.5 Å². The summed E-state index contributed by atoms with van der Waals surface area (Å²) in [5.74, 6) is -3.30. The summed E-state index contributed by atoms with van der Waals surface area (Å²) in [6, 6.07) is 27.3. The number of anilines is 1. The zero-order valence-electron chi connectivity index (χ0n) is 21.8. The van der Waals surface area contributed by atoms with Gasteiger partial charge in [-0.1, -0.05) is 105 Å². The highest BCUT2D eigenvalue weighted by Crippen LogP contribution is 2.26. The predicted molar refractivity (Wildman–Crippen MR) is 150 cm³/mol. The first-order chi connectivity index (χ1) is 18.3. The molecule has 2 atom stereocenters. The van der Waals surface area contributed by atoms with Crippen molar-refractivity contribution in [2.24, 2.45) is 17.8 Å². The number of carbonyl (C=O) groups is 3. The second-order valence-electron chi connectivity index (χ2n) is 9.52. The number of urea groups is 1. The summed E-state index contributed by atoms with van der Waals surface area (Å²) in [6.45, 7) is 4.16. The van der Waals surface area contributed by atoms with Crippen LogP contribution in [0.2, 0.25) is 0 Å². The molecule has 3 aromatic carbocycles. The topological polar surface area (TPSA) is 98.7 Å². The van der Waals surface area contributed by atoms with Crippen molar-refractivity contribution in [2.45, 2.75) is 33.2 Å². The first kappa shape index (κ1) is 28.2. The highest BCUT2D eigenvalue weighted by atomic mass is 16.4. The number of amides is 3. The van der Waals surface area contributed by atoms with Crippen molar-refractivity contribution >= 4 is 29.7 Å². The molecule has 0 aliphatic carbocycles. The molecular formula is C31H35N3O4. The van der Waals surface area contributed by atoms with Crippen LogP contribution in [0.5, 0.6) is 0 Å². The Balaban J connectivity index is 1.80. The van der Waals surface area contributed by atoms with Crippen LogP contribution in [0.25, 0.3) is 6.08 Å².